The highest BCUT2D eigenvalue weighted by Gasteiger charge is 2.51. The summed E-state index contributed by atoms with van der Waals surface area (Å²) in [6, 6.07) is 5.77. The van der Waals surface area contributed by atoms with E-state index in [1.807, 2.05) is 4.90 Å². The quantitative estimate of drug-likeness (QED) is 0.706. The van der Waals surface area contributed by atoms with Crippen molar-refractivity contribution in [2.75, 3.05) is 18.4 Å². The van der Waals surface area contributed by atoms with E-state index in [4.69, 9.17) is 0 Å². The summed E-state index contributed by atoms with van der Waals surface area (Å²) in [6.07, 6.45) is 1.72. The van der Waals surface area contributed by atoms with Crippen LogP contribution in [-0.4, -0.2) is 62.8 Å². The Labute approximate surface area is 170 Å². The molecular weight excluding hydrogens is 374 g/mol. The molecule has 0 bridgehead atoms. The molecule has 0 spiro atoms. The minimum atomic E-state index is -0.929. The molecule has 1 amide bonds. The number of aliphatic hydroxyl groups is 2. The van der Waals surface area contributed by atoms with Crippen LogP contribution in [-0.2, 0) is 4.79 Å². The predicted molar refractivity (Wildman–Crippen MR) is 113 cm³/mol. The number of carbonyl (C=O) groups excluding carboxylic acids is 1. The number of amidine groups is 1. The summed E-state index contributed by atoms with van der Waals surface area (Å²) in [7, 11) is 0. The average Bonchev–Trinajstić information content (AvgIpc) is 3.08. The first-order valence-corrected chi connectivity index (χ1v) is 11.0. The highest BCUT2D eigenvalue weighted by molar-refractivity contribution is 8.15. The number of amides is 1. The van der Waals surface area contributed by atoms with Crippen LogP contribution in [0.15, 0.2) is 23.2 Å². The lowest BCUT2D eigenvalue weighted by Gasteiger charge is -2.40. The number of thioether (sulfide) groups is 1. The lowest BCUT2D eigenvalue weighted by molar-refractivity contribution is -0.141. The zero-order chi connectivity index (χ0) is 19.8. The monoisotopic (exact) mass is 403 g/mol. The van der Waals surface area contributed by atoms with Crippen molar-refractivity contribution in [1.29, 1.82) is 0 Å². The topological polar surface area (TPSA) is 85.2 Å². The fourth-order valence-electron chi connectivity index (χ4n) is 4.61. The van der Waals surface area contributed by atoms with Crippen molar-refractivity contribution in [3.63, 3.8) is 0 Å². The minimum absolute atomic E-state index is 0.107. The number of rotatable bonds is 2. The number of aryl methyl sites for hydroxylation is 2. The van der Waals surface area contributed by atoms with Gasteiger partial charge >= 0.3 is 0 Å². The molecule has 7 heteroatoms. The molecule has 0 aromatic heterocycles. The van der Waals surface area contributed by atoms with Crippen molar-refractivity contribution < 1.29 is 15.0 Å². The summed E-state index contributed by atoms with van der Waals surface area (Å²) in [5, 5.41) is 24.8. The van der Waals surface area contributed by atoms with Gasteiger partial charge in [-0.3, -0.25) is 9.79 Å². The minimum Gasteiger partial charge on any atom is -0.390 e. The lowest BCUT2D eigenvalue weighted by Crippen LogP contribution is -2.55. The summed E-state index contributed by atoms with van der Waals surface area (Å²) in [5.74, 6) is -0.204. The van der Waals surface area contributed by atoms with Crippen LogP contribution in [0.5, 0.6) is 0 Å². The third kappa shape index (κ3) is 3.93. The lowest BCUT2D eigenvalue weighted by atomic mass is 9.80. The van der Waals surface area contributed by atoms with Gasteiger partial charge in [0.15, 0.2) is 5.17 Å². The van der Waals surface area contributed by atoms with Crippen LogP contribution in [0.1, 0.15) is 36.8 Å². The number of anilines is 1. The van der Waals surface area contributed by atoms with Gasteiger partial charge in [-0.05, 0) is 62.8 Å². The number of aliphatic hydroxyl groups excluding tert-OH is 2. The van der Waals surface area contributed by atoms with Gasteiger partial charge in [-0.2, -0.15) is 0 Å². The molecule has 5 atom stereocenters. The van der Waals surface area contributed by atoms with Crippen LogP contribution in [0.25, 0.3) is 0 Å². The number of carbonyl (C=O) groups is 1. The number of likely N-dealkylation sites (tertiary alicyclic amines) is 1. The van der Waals surface area contributed by atoms with Crippen LogP contribution in [0.4, 0.5) is 5.69 Å². The molecule has 6 nitrogen and oxygen atoms in total. The molecule has 2 aliphatic heterocycles. The predicted octanol–water partition coefficient (Wildman–Crippen LogP) is 2.31. The average molecular weight is 404 g/mol. The molecule has 3 aliphatic rings. The molecule has 0 unspecified atom stereocenters. The second-order valence-corrected chi connectivity index (χ2v) is 9.46. The van der Waals surface area contributed by atoms with Crippen molar-refractivity contribution in [1.82, 2.24) is 4.90 Å². The molecule has 0 radical (unpaired) electrons. The molecule has 1 saturated heterocycles. The summed E-state index contributed by atoms with van der Waals surface area (Å²) in [5.41, 5.74) is 3.28. The molecule has 4 rings (SSSR count). The number of nitrogens with zero attached hydrogens (tertiary/aromatic N) is 2. The Balaban J connectivity index is 1.52. The Kier molecular flexibility index (Phi) is 5.67. The van der Waals surface area contributed by atoms with Gasteiger partial charge in [-0.15, -0.1) is 0 Å². The smallest absolute Gasteiger partial charge is 0.226 e. The van der Waals surface area contributed by atoms with Crippen molar-refractivity contribution in [2.24, 2.45) is 10.9 Å². The highest BCUT2D eigenvalue weighted by atomic mass is 32.2. The molecule has 28 heavy (non-hydrogen) atoms. The fraction of sp³-hybridized carbons (Fsp3) is 0.619. The second kappa shape index (κ2) is 8.05. The van der Waals surface area contributed by atoms with E-state index in [0.717, 1.165) is 42.7 Å². The maximum Gasteiger partial charge on any atom is 0.226 e. The molecule has 2 fully saturated rings. The van der Waals surface area contributed by atoms with Crippen LogP contribution in [0, 0.1) is 19.8 Å². The number of benzene rings is 1. The van der Waals surface area contributed by atoms with Gasteiger partial charge in [-0.25, -0.2) is 0 Å². The number of hydrogen-bond donors (Lipinski definition) is 3. The van der Waals surface area contributed by atoms with Crippen LogP contribution >= 0.6 is 11.8 Å². The van der Waals surface area contributed by atoms with E-state index in [2.05, 4.69) is 42.4 Å². The van der Waals surface area contributed by atoms with Crippen molar-refractivity contribution in [3.8, 4) is 0 Å². The number of aliphatic imine (C=N–C) groups is 1. The number of hydrogen-bond acceptors (Lipinski definition) is 6. The standard InChI is InChI=1S/C21H29N3O3S/c1-12-8-13(2)10-14(9-12)22-21-23-17-18(26)16(25)11-15(19(17)28-21)20(27)24-6-4-3-5-7-24/h8-10,15-19,25-26H,3-7,11H2,1-2H3,(H,22,23)/t15-,16+,17-,18-,19+/m0/s1. The summed E-state index contributed by atoms with van der Waals surface area (Å²) in [4.78, 5) is 19.7. The van der Waals surface area contributed by atoms with Crippen LogP contribution < -0.4 is 5.32 Å². The SMILES string of the molecule is Cc1cc(C)cc(NC2=N[C@H]3[C@@H](O)[C@H](O)C[C@H](C(=O)N4CCCCC4)[C@H]3S2)c1. The van der Waals surface area contributed by atoms with Crippen molar-refractivity contribution in [3.05, 3.63) is 29.3 Å². The zero-order valence-corrected chi connectivity index (χ0v) is 17.3. The fourth-order valence-corrected chi connectivity index (χ4v) is 5.98. The maximum atomic E-state index is 13.2. The summed E-state index contributed by atoms with van der Waals surface area (Å²) in [6.45, 7) is 5.69. The van der Waals surface area contributed by atoms with E-state index in [9.17, 15) is 15.0 Å². The van der Waals surface area contributed by atoms with E-state index in [1.165, 1.54) is 18.2 Å². The van der Waals surface area contributed by atoms with Gasteiger partial charge in [0.1, 0.15) is 6.10 Å². The molecule has 1 aromatic carbocycles. The van der Waals surface area contributed by atoms with Gasteiger partial charge in [0.05, 0.1) is 18.1 Å². The Bertz CT molecular complexity index is 758. The molecule has 152 valence electrons. The Morgan fingerprint density at radius 1 is 1.14 bits per heavy atom. The molecule has 2 heterocycles. The zero-order valence-electron chi connectivity index (χ0n) is 16.5. The third-order valence-corrected chi connectivity index (χ3v) is 7.25. The van der Waals surface area contributed by atoms with Crippen molar-refractivity contribution in [2.45, 2.75) is 63.0 Å². The van der Waals surface area contributed by atoms with Gasteiger partial charge < -0.3 is 20.4 Å². The summed E-state index contributed by atoms with van der Waals surface area (Å²) < 4.78 is 0. The van der Waals surface area contributed by atoms with Gasteiger partial charge in [0.2, 0.25) is 5.91 Å². The molecule has 1 aliphatic carbocycles. The van der Waals surface area contributed by atoms with E-state index in [-0.39, 0.29) is 17.1 Å². The first-order valence-electron chi connectivity index (χ1n) is 10.2. The van der Waals surface area contributed by atoms with Gasteiger partial charge in [0, 0.05) is 24.0 Å². The molecule has 1 aromatic rings. The van der Waals surface area contributed by atoms with Crippen molar-refractivity contribution >= 4 is 28.5 Å². The Morgan fingerprint density at radius 2 is 1.82 bits per heavy atom. The van der Waals surface area contributed by atoms with Gasteiger partial charge in [0.25, 0.3) is 0 Å². The summed E-state index contributed by atoms with van der Waals surface area (Å²) >= 11 is 1.53. The Hall–Kier alpha value is -1.57. The molecule has 1 saturated carbocycles. The Morgan fingerprint density at radius 3 is 2.50 bits per heavy atom. The van der Waals surface area contributed by atoms with E-state index in [1.54, 1.807) is 0 Å². The number of piperidine rings is 1. The molecule has 3 N–H and O–H groups in total. The van der Waals surface area contributed by atoms with Crippen LogP contribution in [0.3, 0.4) is 0 Å². The van der Waals surface area contributed by atoms with E-state index < -0.39 is 18.2 Å². The number of nitrogens with one attached hydrogen (secondary N) is 1. The largest absolute Gasteiger partial charge is 0.390 e. The number of fused-ring (bicyclic) bond motifs is 1. The van der Waals surface area contributed by atoms with Gasteiger partial charge in [-0.1, -0.05) is 17.8 Å². The van der Waals surface area contributed by atoms with Crippen LogP contribution in [0.2, 0.25) is 0 Å². The van der Waals surface area contributed by atoms with E-state index >= 15 is 0 Å². The maximum absolute atomic E-state index is 13.2. The first-order chi connectivity index (χ1) is 13.4. The first kappa shape index (κ1) is 19.7. The normalized spacial score (nSPS) is 32.6. The third-order valence-electron chi connectivity index (χ3n) is 5.94. The highest BCUT2D eigenvalue weighted by Crippen LogP contribution is 2.42. The second-order valence-electron chi connectivity index (χ2n) is 8.29. The molecular formula is C21H29N3O3S. The van der Waals surface area contributed by atoms with E-state index in [0.29, 0.717) is 11.6 Å².